The van der Waals surface area contributed by atoms with Gasteiger partial charge in [0.25, 0.3) is 0 Å². The molecule has 120 valence electrons. The molecule has 5 nitrogen and oxygen atoms in total. The van der Waals surface area contributed by atoms with Crippen molar-refractivity contribution in [2.45, 2.75) is 38.6 Å². The maximum atomic E-state index is 12.3. The zero-order valence-corrected chi connectivity index (χ0v) is 13.3. The highest BCUT2D eigenvalue weighted by molar-refractivity contribution is 5.89. The van der Waals surface area contributed by atoms with Crippen molar-refractivity contribution in [1.29, 1.82) is 0 Å². The maximum absolute atomic E-state index is 12.3. The van der Waals surface area contributed by atoms with Crippen molar-refractivity contribution in [3.8, 4) is 5.75 Å². The molecule has 22 heavy (non-hydrogen) atoms. The molecule has 2 amide bonds. The number of rotatable bonds is 7. The van der Waals surface area contributed by atoms with Gasteiger partial charge in [-0.2, -0.15) is 0 Å². The number of nitrogens with one attached hydrogen (secondary N) is 1. The Kier molecular flexibility index (Phi) is 5.06. The van der Waals surface area contributed by atoms with Crippen LogP contribution in [0.3, 0.4) is 0 Å². The van der Waals surface area contributed by atoms with E-state index in [-0.39, 0.29) is 23.7 Å². The molecule has 0 bridgehead atoms. The van der Waals surface area contributed by atoms with Gasteiger partial charge in [-0.1, -0.05) is 32.4 Å². The van der Waals surface area contributed by atoms with Crippen molar-refractivity contribution >= 4 is 11.8 Å². The fourth-order valence-electron chi connectivity index (χ4n) is 2.69. The van der Waals surface area contributed by atoms with E-state index in [2.05, 4.69) is 5.32 Å². The number of nitrogens with two attached hydrogens (primary N) is 1. The largest absolute Gasteiger partial charge is 0.497 e. The van der Waals surface area contributed by atoms with E-state index in [1.807, 2.05) is 38.1 Å². The second-order valence-electron chi connectivity index (χ2n) is 6.00. The maximum Gasteiger partial charge on any atom is 0.240 e. The summed E-state index contributed by atoms with van der Waals surface area (Å²) in [5.74, 6) is 0.445. The molecule has 1 saturated carbocycles. The van der Waals surface area contributed by atoms with Crippen LogP contribution in [0.15, 0.2) is 24.3 Å². The number of carbonyl (C=O) groups excluding carboxylic acids is 2. The van der Waals surface area contributed by atoms with Crippen LogP contribution < -0.4 is 15.8 Å². The number of benzene rings is 1. The molecule has 4 atom stereocenters. The Hall–Kier alpha value is -2.04. The third kappa shape index (κ3) is 3.59. The topological polar surface area (TPSA) is 81.4 Å². The monoisotopic (exact) mass is 304 g/mol. The van der Waals surface area contributed by atoms with Gasteiger partial charge in [-0.25, -0.2) is 0 Å². The quantitative estimate of drug-likeness (QED) is 0.806. The zero-order valence-electron chi connectivity index (χ0n) is 13.3. The molecule has 1 unspecified atom stereocenters. The molecule has 1 aliphatic rings. The van der Waals surface area contributed by atoms with Crippen molar-refractivity contribution in [2.24, 2.45) is 17.6 Å². The van der Waals surface area contributed by atoms with Crippen molar-refractivity contribution in [3.63, 3.8) is 0 Å². The Morgan fingerprint density at radius 3 is 2.50 bits per heavy atom. The third-order valence-electron chi connectivity index (χ3n) is 4.49. The average molecular weight is 304 g/mol. The summed E-state index contributed by atoms with van der Waals surface area (Å²) in [6.45, 7) is 3.90. The molecule has 0 spiro atoms. The molecule has 1 fully saturated rings. The lowest BCUT2D eigenvalue weighted by molar-refractivity contribution is -0.129. The Morgan fingerprint density at radius 1 is 1.36 bits per heavy atom. The second-order valence-corrected chi connectivity index (χ2v) is 6.00. The number of hydrogen-bond acceptors (Lipinski definition) is 3. The van der Waals surface area contributed by atoms with Crippen molar-refractivity contribution in [3.05, 3.63) is 29.8 Å². The number of amides is 2. The minimum Gasteiger partial charge on any atom is -0.497 e. The molecule has 1 aromatic rings. The lowest BCUT2D eigenvalue weighted by Gasteiger charge is -2.21. The van der Waals surface area contributed by atoms with E-state index in [0.717, 1.165) is 24.2 Å². The zero-order chi connectivity index (χ0) is 16.3. The van der Waals surface area contributed by atoms with Crippen LogP contribution in [-0.2, 0) is 9.59 Å². The number of hydrogen-bond donors (Lipinski definition) is 2. The molecule has 0 heterocycles. The molecule has 2 rings (SSSR count). The summed E-state index contributed by atoms with van der Waals surface area (Å²) in [7, 11) is 1.63. The van der Waals surface area contributed by atoms with Crippen LogP contribution in [-0.4, -0.2) is 25.0 Å². The van der Waals surface area contributed by atoms with Gasteiger partial charge < -0.3 is 15.8 Å². The molecule has 0 saturated heterocycles. The molecule has 1 aliphatic carbocycles. The van der Waals surface area contributed by atoms with Gasteiger partial charge in [-0.05, 0) is 36.0 Å². The van der Waals surface area contributed by atoms with Crippen LogP contribution in [0.5, 0.6) is 5.75 Å². The second kappa shape index (κ2) is 6.81. The van der Waals surface area contributed by atoms with Gasteiger partial charge in [0.1, 0.15) is 11.8 Å². The van der Waals surface area contributed by atoms with Gasteiger partial charge >= 0.3 is 0 Å². The number of primary amides is 1. The predicted molar refractivity (Wildman–Crippen MR) is 84.4 cm³/mol. The van der Waals surface area contributed by atoms with Gasteiger partial charge in [0, 0.05) is 5.92 Å². The summed E-state index contributed by atoms with van der Waals surface area (Å²) in [6, 6.07) is 7.17. The molecular weight excluding hydrogens is 280 g/mol. The molecular formula is C17H24N2O3. The Balaban J connectivity index is 1.95. The Morgan fingerprint density at radius 2 is 2.00 bits per heavy atom. The summed E-state index contributed by atoms with van der Waals surface area (Å²) < 4.78 is 5.13. The van der Waals surface area contributed by atoms with E-state index in [9.17, 15) is 9.59 Å². The highest BCUT2D eigenvalue weighted by Gasteiger charge is 2.45. The van der Waals surface area contributed by atoms with Crippen LogP contribution >= 0.6 is 0 Å². The normalized spacial score (nSPS) is 22.5. The summed E-state index contributed by atoms with van der Waals surface area (Å²) in [6.07, 6.45) is 1.60. The van der Waals surface area contributed by atoms with Gasteiger partial charge in [-0.3, -0.25) is 9.59 Å². The van der Waals surface area contributed by atoms with Gasteiger partial charge in [0.05, 0.1) is 7.11 Å². The van der Waals surface area contributed by atoms with Crippen LogP contribution in [0.2, 0.25) is 0 Å². The van der Waals surface area contributed by atoms with E-state index in [0.29, 0.717) is 0 Å². The number of methoxy groups -OCH3 is 1. The van der Waals surface area contributed by atoms with E-state index in [4.69, 9.17) is 10.5 Å². The van der Waals surface area contributed by atoms with Crippen molar-refractivity contribution in [1.82, 2.24) is 5.32 Å². The standard InChI is InChI=1S/C17H24N2O3/c1-4-10(2)15(16(18)20)19-17(21)14-9-13(14)11-5-7-12(22-3)8-6-11/h5-8,10,13-15H,4,9H2,1-3H3,(H2,18,20)(H,19,21)/t10?,13-,14-,15+/m1/s1. The van der Waals surface area contributed by atoms with Crippen molar-refractivity contribution in [2.75, 3.05) is 7.11 Å². The highest BCUT2D eigenvalue weighted by atomic mass is 16.5. The Labute approximate surface area is 131 Å². The first-order valence-corrected chi connectivity index (χ1v) is 7.71. The van der Waals surface area contributed by atoms with Gasteiger partial charge in [0.2, 0.25) is 11.8 Å². The lowest BCUT2D eigenvalue weighted by atomic mass is 9.98. The first-order chi connectivity index (χ1) is 10.5. The summed E-state index contributed by atoms with van der Waals surface area (Å²) in [5, 5.41) is 2.81. The van der Waals surface area contributed by atoms with Crippen LogP contribution in [0, 0.1) is 11.8 Å². The molecule has 0 radical (unpaired) electrons. The minimum absolute atomic E-state index is 0.0413. The fourth-order valence-corrected chi connectivity index (χ4v) is 2.69. The highest BCUT2D eigenvalue weighted by Crippen LogP contribution is 2.47. The van der Waals surface area contributed by atoms with E-state index < -0.39 is 11.9 Å². The van der Waals surface area contributed by atoms with Gasteiger partial charge in [-0.15, -0.1) is 0 Å². The van der Waals surface area contributed by atoms with Crippen molar-refractivity contribution < 1.29 is 14.3 Å². The molecule has 5 heteroatoms. The average Bonchev–Trinajstić information content (AvgIpc) is 3.32. The first kappa shape index (κ1) is 16.3. The third-order valence-corrected chi connectivity index (χ3v) is 4.49. The smallest absolute Gasteiger partial charge is 0.240 e. The SMILES string of the molecule is CCC(C)[C@H](NC(=O)[C@@H]1C[C@@H]1c1ccc(OC)cc1)C(N)=O. The Bertz CT molecular complexity index is 541. The fraction of sp³-hybridized carbons (Fsp3) is 0.529. The van der Waals surface area contributed by atoms with E-state index in [1.165, 1.54) is 0 Å². The summed E-state index contributed by atoms with van der Waals surface area (Å²) in [4.78, 5) is 23.8. The lowest BCUT2D eigenvalue weighted by Crippen LogP contribution is -2.48. The molecule has 1 aromatic carbocycles. The molecule has 0 aromatic heterocycles. The van der Waals surface area contributed by atoms with E-state index in [1.54, 1.807) is 7.11 Å². The van der Waals surface area contributed by atoms with Crippen LogP contribution in [0.4, 0.5) is 0 Å². The molecule has 3 N–H and O–H groups in total. The molecule has 0 aliphatic heterocycles. The van der Waals surface area contributed by atoms with Crippen LogP contribution in [0.1, 0.15) is 38.2 Å². The first-order valence-electron chi connectivity index (χ1n) is 7.71. The summed E-state index contributed by atoms with van der Waals surface area (Å²) >= 11 is 0. The predicted octanol–water partition coefficient (Wildman–Crippen LogP) is 1.81. The summed E-state index contributed by atoms with van der Waals surface area (Å²) in [5.41, 5.74) is 6.52. The number of ether oxygens (including phenoxy) is 1. The van der Waals surface area contributed by atoms with E-state index >= 15 is 0 Å². The van der Waals surface area contributed by atoms with Gasteiger partial charge in [0.15, 0.2) is 0 Å². The number of carbonyl (C=O) groups is 2. The van der Waals surface area contributed by atoms with Crippen LogP contribution in [0.25, 0.3) is 0 Å². The minimum atomic E-state index is -0.588.